The lowest BCUT2D eigenvalue weighted by Gasteiger charge is -2.43. The summed E-state index contributed by atoms with van der Waals surface area (Å²) in [7, 11) is 0. The van der Waals surface area contributed by atoms with Crippen LogP contribution >= 0.6 is 11.8 Å². The quantitative estimate of drug-likeness (QED) is 0.759. The van der Waals surface area contributed by atoms with Gasteiger partial charge in [-0.15, -0.1) is 0 Å². The lowest BCUT2D eigenvalue weighted by atomic mass is 9.94. The van der Waals surface area contributed by atoms with E-state index in [1.807, 2.05) is 47.9 Å². The van der Waals surface area contributed by atoms with E-state index in [9.17, 15) is 9.59 Å². The Morgan fingerprint density at radius 2 is 1.52 bits per heavy atom. The lowest BCUT2D eigenvalue weighted by Crippen LogP contribution is -2.59. The molecule has 0 bridgehead atoms. The van der Waals surface area contributed by atoms with Crippen LogP contribution in [0.4, 0.5) is 0 Å². The van der Waals surface area contributed by atoms with Crippen molar-refractivity contribution in [2.75, 3.05) is 50.8 Å². The van der Waals surface area contributed by atoms with Gasteiger partial charge in [0.1, 0.15) is 0 Å². The second-order valence-electron chi connectivity index (χ2n) is 8.62. The molecule has 3 fully saturated rings. The number of thioether (sulfide) groups is 1. The minimum absolute atomic E-state index is 0.0113. The van der Waals surface area contributed by atoms with E-state index in [1.54, 1.807) is 0 Å². The molecular weight excluding hydrogens is 382 g/mol. The molecule has 2 heterocycles. The summed E-state index contributed by atoms with van der Waals surface area (Å²) in [4.78, 5) is 32.7. The molecule has 1 aromatic carbocycles. The highest BCUT2D eigenvalue weighted by Crippen LogP contribution is 2.32. The summed E-state index contributed by atoms with van der Waals surface area (Å²) in [5.74, 6) is 3.05. The van der Waals surface area contributed by atoms with Crippen molar-refractivity contribution < 1.29 is 9.59 Å². The van der Waals surface area contributed by atoms with Crippen molar-refractivity contribution >= 4 is 23.6 Å². The summed E-state index contributed by atoms with van der Waals surface area (Å²) < 4.78 is 0. The molecule has 2 amide bonds. The molecule has 2 saturated heterocycles. The number of benzene rings is 1. The van der Waals surface area contributed by atoms with Gasteiger partial charge in [0.25, 0.3) is 5.91 Å². The molecule has 0 N–H and O–H groups in total. The Morgan fingerprint density at radius 3 is 2.14 bits per heavy atom. The van der Waals surface area contributed by atoms with Crippen molar-refractivity contribution in [3.63, 3.8) is 0 Å². The maximum atomic E-state index is 13.4. The molecule has 0 aromatic heterocycles. The SMILES string of the molecule is Cc1ccc(C(=O)N2CCN([C@H](C(=O)N3CCSCC3)C3CCCC3)CC2)cc1. The minimum atomic E-state index is 0.0113. The zero-order valence-corrected chi connectivity index (χ0v) is 18.3. The maximum absolute atomic E-state index is 13.4. The Morgan fingerprint density at radius 1 is 0.897 bits per heavy atom. The molecule has 1 aromatic rings. The van der Waals surface area contributed by atoms with Crippen molar-refractivity contribution in [3.05, 3.63) is 35.4 Å². The Bertz CT molecular complexity index is 703. The Labute approximate surface area is 178 Å². The molecule has 0 spiro atoms. The highest BCUT2D eigenvalue weighted by Gasteiger charge is 2.39. The summed E-state index contributed by atoms with van der Waals surface area (Å²) >= 11 is 1.95. The normalized spacial score (nSPS) is 22.7. The molecule has 1 aliphatic carbocycles. The largest absolute Gasteiger partial charge is 0.340 e. The van der Waals surface area contributed by atoms with E-state index in [2.05, 4.69) is 9.80 Å². The van der Waals surface area contributed by atoms with Crippen LogP contribution in [-0.2, 0) is 4.79 Å². The van der Waals surface area contributed by atoms with Crippen LogP contribution in [0.5, 0.6) is 0 Å². The van der Waals surface area contributed by atoms with Crippen molar-refractivity contribution in [2.24, 2.45) is 5.92 Å². The van der Waals surface area contributed by atoms with Gasteiger partial charge in [0.2, 0.25) is 5.91 Å². The fraction of sp³-hybridized carbons (Fsp3) is 0.652. The van der Waals surface area contributed by atoms with Crippen LogP contribution in [-0.4, -0.2) is 83.3 Å². The smallest absolute Gasteiger partial charge is 0.253 e. The van der Waals surface area contributed by atoms with Crippen LogP contribution in [0.3, 0.4) is 0 Å². The van der Waals surface area contributed by atoms with Crippen molar-refractivity contribution in [2.45, 2.75) is 38.6 Å². The van der Waals surface area contributed by atoms with Crippen LogP contribution in [0.2, 0.25) is 0 Å². The highest BCUT2D eigenvalue weighted by atomic mass is 32.2. The van der Waals surface area contributed by atoms with E-state index in [0.717, 1.165) is 43.2 Å². The molecule has 1 atom stereocenters. The standard InChI is InChI=1S/C23H33N3O2S/c1-18-6-8-20(9-7-18)22(27)25-12-10-24(11-13-25)21(19-4-2-3-5-19)23(28)26-14-16-29-17-15-26/h6-9,19,21H,2-5,10-17H2,1H3/t21-/m0/s1. The second-order valence-corrected chi connectivity index (χ2v) is 9.85. The number of piperazine rings is 1. The van der Waals surface area contributed by atoms with Gasteiger partial charge in [-0.1, -0.05) is 30.5 Å². The highest BCUT2D eigenvalue weighted by molar-refractivity contribution is 7.99. The number of nitrogens with zero attached hydrogens (tertiary/aromatic N) is 3. The van der Waals surface area contributed by atoms with Gasteiger partial charge in [-0.3, -0.25) is 14.5 Å². The van der Waals surface area contributed by atoms with Gasteiger partial charge in [0.05, 0.1) is 6.04 Å². The maximum Gasteiger partial charge on any atom is 0.253 e. The molecule has 0 radical (unpaired) electrons. The van der Waals surface area contributed by atoms with Gasteiger partial charge in [-0.25, -0.2) is 0 Å². The van der Waals surface area contributed by atoms with Gasteiger partial charge in [0.15, 0.2) is 0 Å². The van der Waals surface area contributed by atoms with Crippen molar-refractivity contribution in [1.29, 1.82) is 0 Å². The summed E-state index contributed by atoms with van der Waals surface area (Å²) in [6.07, 6.45) is 4.83. The first-order chi connectivity index (χ1) is 14.1. The number of carbonyl (C=O) groups excluding carboxylic acids is 2. The fourth-order valence-corrected chi connectivity index (χ4v) is 5.88. The number of amides is 2. The summed E-state index contributed by atoms with van der Waals surface area (Å²) in [6, 6.07) is 7.84. The number of aryl methyl sites for hydroxylation is 1. The Balaban J connectivity index is 1.41. The molecule has 2 aliphatic heterocycles. The molecule has 3 aliphatic rings. The van der Waals surface area contributed by atoms with E-state index >= 15 is 0 Å². The van der Waals surface area contributed by atoms with E-state index < -0.39 is 0 Å². The van der Waals surface area contributed by atoms with E-state index in [0.29, 0.717) is 24.9 Å². The zero-order valence-electron chi connectivity index (χ0n) is 17.5. The van der Waals surface area contributed by atoms with E-state index in [1.165, 1.54) is 31.2 Å². The average molecular weight is 416 g/mol. The molecule has 6 heteroatoms. The van der Waals surface area contributed by atoms with Gasteiger partial charge in [-0.2, -0.15) is 11.8 Å². The molecular formula is C23H33N3O2S. The van der Waals surface area contributed by atoms with Gasteiger partial charge < -0.3 is 9.80 Å². The van der Waals surface area contributed by atoms with Crippen LogP contribution in [0.15, 0.2) is 24.3 Å². The second kappa shape index (κ2) is 9.52. The molecule has 0 unspecified atom stereocenters. The van der Waals surface area contributed by atoms with Crippen LogP contribution in [0.25, 0.3) is 0 Å². The van der Waals surface area contributed by atoms with Crippen LogP contribution in [0, 0.1) is 12.8 Å². The first-order valence-electron chi connectivity index (χ1n) is 11.1. The Kier molecular flexibility index (Phi) is 6.81. The van der Waals surface area contributed by atoms with Crippen molar-refractivity contribution in [3.8, 4) is 0 Å². The van der Waals surface area contributed by atoms with Gasteiger partial charge >= 0.3 is 0 Å². The molecule has 158 valence electrons. The van der Waals surface area contributed by atoms with E-state index in [-0.39, 0.29) is 11.9 Å². The van der Waals surface area contributed by atoms with Gasteiger partial charge in [-0.05, 0) is 37.8 Å². The molecule has 1 saturated carbocycles. The number of carbonyl (C=O) groups is 2. The number of hydrogen-bond acceptors (Lipinski definition) is 4. The monoisotopic (exact) mass is 415 g/mol. The summed E-state index contributed by atoms with van der Waals surface area (Å²) in [5, 5.41) is 0. The predicted octanol–water partition coefficient (Wildman–Crippen LogP) is 2.89. The molecule has 5 nitrogen and oxygen atoms in total. The van der Waals surface area contributed by atoms with Gasteiger partial charge in [0, 0.05) is 56.3 Å². The van der Waals surface area contributed by atoms with Crippen LogP contribution < -0.4 is 0 Å². The third kappa shape index (κ3) is 4.80. The van der Waals surface area contributed by atoms with Crippen molar-refractivity contribution in [1.82, 2.24) is 14.7 Å². The van der Waals surface area contributed by atoms with Crippen LogP contribution in [0.1, 0.15) is 41.6 Å². The third-order valence-corrected chi connectivity index (χ3v) is 7.66. The number of rotatable bonds is 4. The Hall–Kier alpha value is -1.53. The first-order valence-corrected chi connectivity index (χ1v) is 12.3. The molecule has 29 heavy (non-hydrogen) atoms. The first kappa shape index (κ1) is 20.7. The van der Waals surface area contributed by atoms with E-state index in [4.69, 9.17) is 0 Å². The minimum Gasteiger partial charge on any atom is -0.340 e. The summed E-state index contributed by atoms with van der Waals surface area (Å²) in [5.41, 5.74) is 1.93. The lowest BCUT2D eigenvalue weighted by molar-refractivity contribution is -0.139. The third-order valence-electron chi connectivity index (χ3n) is 6.72. The topological polar surface area (TPSA) is 43.9 Å². The fourth-order valence-electron chi connectivity index (χ4n) is 4.98. The number of hydrogen-bond donors (Lipinski definition) is 0. The average Bonchev–Trinajstić information content (AvgIpc) is 3.29. The molecule has 4 rings (SSSR count). The zero-order chi connectivity index (χ0) is 20.2. The summed E-state index contributed by atoms with van der Waals surface area (Å²) in [6.45, 7) is 6.82. The predicted molar refractivity (Wildman–Crippen MR) is 118 cm³/mol.